The molecule has 156 valence electrons. The van der Waals surface area contributed by atoms with E-state index in [2.05, 4.69) is 27.2 Å². The van der Waals surface area contributed by atoms with Gasteiger partial charge in [0.1, 0.15) is 32.7 Å². The van der Waals surface area contributed by atoms with E-state index in [1.165, 1.54) is 6.33 Å². The maximum Gasteiger partial charge on any atom is 0.163 e. The molecule has 0 aliphatic carbocycles. The van der Waals surface area contributed by atoms with Crippen molar-refractivity contribution in [1.82, 2.24) is 14.9 Å². The van der Waals surface area contributed by atoms with Crippen molar-refractivity contribution in [2.45, 2.75) is 6.10 Å². The van der Waals surface area contributed by atoms with Crippen molar-refractivity contribution in [2.24, 2.45) is 0 Å². The molecule has 2 heterocycles. The van der Waals surface area contributed by atoms with Gasteiger partial charge in [-0.1, -0.05) is 17.1 Å². The maximum atomic E-state index is 6.13. The highest BCUT2D eigenvalue weighted by molar-refractivity contribution is 6.45. The summed E-state index contributed by atoms with van der Waals surface area (Å²) in [4.78, 5) is 11.1. The molecule has 1 aliphatic heterocycles. The Balaban J connectivity index is 1.59. The van der Waals surface area contributed by atoms with E-state index in [0.717, 1.165) is 40.2 Å². The number of morpholine rings is 1. The number of methoxy groups -OCH3 is 1. The molecule has 0 saturated carbocycles. The molecule has 0 bridgehead atoms. The van der Waals surface area contributed by atoms with Gasteiger partial charge in [0.05, 0.1) is 19.2 Å². The van der Waals surface area contributed by atoms with Gasteiger partial charge in [0.15, 0.2) is 11.5 Å². The van der Waals surface area contributed by atoms with Gasteiger partial charge < -0.3 is 24.4 Å². The normalized spacial score (nSPS) is 17.1. The molecular weight excluding hydrogens is 403 g/mol. The smallest absolute Gasteiger partial charge is 0.163 e. The summed E-state index contributed by atoms with van der Waals surface area (Å²) in [5.74, 6) is 1.94. The van der Waals surface area contributed by atoms with Crippen LogP contribution >= 0.6 is 11.6 Å². The monoisotopic (exact) mass is 426 g/mol. The molecule has 7 nitrogen and oxygen atoms in total. The van der Waals surface area contributed by atoms with E-state index in [4.69, 9.17) is 25.8 Å². The second kappa shape index (κ2) is 9.08. The Morgan fingerprint density at radius 1 is 1.27 bits per heavy atom. The molecule has 1 fully saturated rings. The van der Waals surface area contributed by atoms with Crippen LogP contribution in [0.15, 0.2) is 36.7 Å². The summed E-state index contributed by atoms with van der Waals surface area (Å²) >= 11 is 6.13. The first-order chi connectivity index (χ1) is 14.5. The third kappa shape index (κ3) is 4.61. The summed E-state index contributed by atoms with van der Waals surface area (Å²) in [6.07, 6.45) is 1.56. The zero-order valence-corrected chi connectivity index (χ0v) is 18.1. The Kier molecular flexibility index (Phi) is 6.27. The number of nitrogens with zero attached hydrogens (tertiary/aromatic N) is 3. The van der Waals surface area contributed by atoms with E-state index >= 15 is 0 Å². The van der Waals surface area contributed by atoms with Crippen LogP contribution in [-0.2, 0) is 4.74 Å². The van der Waals surface area contributed by atoms with Crippen molar-refractivity contribution in [3.05, 3.63) is 41.7 Å². The van der Waals surface area contributed by atoms with Crippen molar-refractivity contribution in [2.75, 3.05) is 45.8 Å². The third-order valence-corrected chi connectivity index (χ3v) is 5.53. The number of hydrogen-bond donors (Lipinski definition) is 1. The van der Waals surface area contributed by atoms with Crippen LogP contribution in [0.3, 0.4) is 0 Å². The number of fused-ring (bicyclic) bond motifs is 1. The van der Waals surface area contributed by atoms with Gasteiger partial charge >= 0.3 is 0 Å². The SMILES string of the molecule is Bc1cc(Nc2ncnc3cc(OCC4CN(C)CCO4)c(OC)cc23)ccc1Cl. The van der Waals surface area contributed by atoms with Crippen LogP contribution in [0, 0.1) is 0 Å². The first-order valence-electron chi connectivity index (χ1n) is 9.82. The highest BCUT2D eigenvalue weighted by Crippen LogP contribution is 2.35. The van der Waals surface area contributed by atoms with Crippen LogP contribution in [-0.4, -0.2) is 69.3 Å². The molecule has 1 unspecified atom stereocenters. The molecular formula is C21H24BClN4O3. The first kappa shape index (κ1) is 20.7. The number of rotatable bonds is 6. The number of likely N-dealkylation sites (N-methyl/N-ethyl adjacent to an activating group) is 1. The van der Waals surface area contributed by atoms with Crippen molar-refractivity contribution >= 4 is 47.3 Å². The van der Waals surface area contributed by atoms with Gasteiger partial charge in [0.25, 0.3) is 0 Å². The van der Waals surface area contributed by atoms with Crippen LogP contribution in [0.1, 0.15) is 0 Å². The molecule has 0 radical (unpaired) electrons. The Morgan fingerprint density at radius 3 is 2.90 bits per heavy atom. The minimum Gasteiger partial charge on any atom is -0.493 e. The lowest BCUT2D eigenvalue weighted by Crippen LogP contribution is -2.42. The Bertz CT molecular complexity index is 1050. The number of hydrogen-bond acceptors (Lipinski definition) is 7. The number of halogens is 1. The summed E-state index contributed by atoms with van der Waals surface area (Å²) in [6, 6.07) is 9.52. The van der Waals surface area contributed by atoms with E-state index in [-0.39, 0.29) is 6.10 Å². The van der Waals surface area contributed by atoms with Crippen LogP contribution < -0.4 is 20.3 Å². The standard InChI is InChI=1S/C21H24BClN4O3/c1-27-5-6-29-14(10-27)11-30-20-9-18-15(8-19(20)28-2)21(25-12-24-18)26-13-3-4-17(23)16(22)7-13/h3-4,7-9,12,14H,5-6,10-11,22H2,1-2H3,(H,24,25,26). The Hall–Kier alpha value is -2.55. The zero-order chi connectivity index (χ0) is 21.1. The van der Waals surface area contributed by atoms with Crippen molar-refractivity contribution in [3.63, 3.8) is 0 Å². The van der Waals surface area contributed by atoms with E-state index in [1.54, 1.807) is 7.11 Å². The van der Waals surface area contributed by atoms with Gasteiger partial charge in [-0.2, -0.15) is 0 Å². The summed E-state index contributed by atoms with van der Waals surface area (Å²) in [5, 5.41) is 4.91. The fourth-order valence-electron chi connectivity index (χ4n) is 3.45. The average molecular weight is 427 g/mol. The van der Waals surface area contributed by atoms with Crippen LogP contribution in [0.4, 0.5) is 11.5 Å². The molecule has 1 atom stereocenters. The first-order valence-corrected chi connectivity index (χ1v) is 10.2. The van der Waals surface area contributed by atoms with Gasteiger partial charge in [-0.3, -0.25) is 0 Å². The highest BCUT2D eigenvalue weighted by Gasteiger charge is 2.20. The number of benzene rings is 2. The highest BCUT2D eigenvalue weighted by atomic mass is 35.5. The van der Waals surface area contributed by atoms with Crippen LogP contribution in [0.25, 0.3) is 10.9 Å². The predicted octanol–water partition coefficient (Wildman–Crippen LogP) is 2.00. The number of aromatic nitrogens is 2. The largest absolute Gasteiger partial charge is 0.493 e. The van der Waals surface area contributed by atoms with E-state index < -0.39 is 0 Å². The molecule has 1 aromatic heterocycles. The number of nitrogens with one attached hydrogen (secondary N) is 1. The molecule has 2 aromatic carbocycles. The lowest BCUT2D eigenvalue weighted by molar-refractivity contribution is -0.0406. The quantitative estimate of drug-likeness (QED) is 0.605. The lowest BCUT2D eigenvalue weighted by Gasteiger charge is -2.30. The third-order valence-electron chi connectivity index (χ3n) is 5.11. The predicted molar refractivity (Wildman–Crippen MR) is 122 cm³/mol. The summed E-state index contributed by atoms with van der Waals surface area (Å²) < 4.78 is 17.4. The molecule has 0 spiro atoms. The van der Waals surface area contributed by atoms with Gasteiger partial charge in [0, 0.05) is 35.3 Å². The fraction of sp³-hybridized carbons (Fsp3) is 0.333. The van der Waals surface area contributed by atoms with Gasteiger partial charge in [0.2, 0.25) is 0 Å². The molecule has 3 aromatic rings. The summed E-state index contributed by atoms with van der Waals surface area (Å²) in [5.41, 5.74) is 2.65. The maximum absolute atomic E-state index is 6.13. The second-order valence-electron chi connectivity index (χ2n) is 7.40. The minimum absolute atomic E-state index is 0.0277. The van der Waals surface area contributed by atoms with E-state index in [0.29, 0.717) is 30.5 Å². The van der Waals surface area contributed by atoms with Crippen LogP contribution in [0.5, 0.6) is 11.5 Å². The molecule has 0 amide bonds. The van der Waals surface area contributed by atoms with Crippen molar-refractivity contribution < 1.29 is 14.2 Å². The lowest BCUT2D eigenvalue weighted by atomic mass is 9.96. The van der Waals surface area contributed by atoms with Crippen molar-refractivity contribution in [3.8, 4) is 11.5 Å². The fourth-order valence-corrected chi connectivity index (χ4v) is 3.56. The van der Waals surface area contributed by atoms with Gasteiger partial charge in [-0.25, -0.2) is 9.97 Å². The molecule has 4 rings (SSSR count). The van der Waals surface area contributed by atoms with Gasteiger partial charge in [-0.05, 0) is 31.3 Å². The van der Waals surface area contributed by atoms with E-state index in [9.17, 15) is 0 Å². The van der Waals surface area contributed by atoms with Gasteiger partial charge in [-0.15, -0.1) is 0 Å². The molecule has 1 saturated heterocycles. The van der Waals surface area contributed by atoms with E-state index in [1.807, 2.05) is 38.2 Å². The zero-order valence-electron chi connectivity index (χ0n) is 17.3. The van der Waals surface area contributed by atoms with Crippen LogP contribution in [0.2, 0.25) is 5.02 Å². The topological polar surface area (TPSA) is 68.7 Å². The minimum atomic E-state index is 0.0277. The molecule has 30 heavy (non-hydrogen) atoms. The summed E-state index contributed by atoms with van der Waals surface area (Å²) in [6.45, 7) is 2.94. The summed E-state index contributed by atoms with van der Waals surface area (Å²) in [7, 11) is 5.67. The molecule has 1 N–H and O–H groups in total. The molecule has 1 aliphatic rings. The van der Waals surface area contributed by atoms with Crippen molar-refractivity contribution in [1.29, 1.82) is 0 Å². The Morgan fingerprint density at radius 2 is 2.13 bits per heavy atom. The molecule has 9 heteroatoms. The number of ether oxygens (including phenoxy) is 3. The average Bonchev–Trinajstić information content (AvgIpc) is 2.74. The second-order valence-corrected chi connectivity index (χ2v) is 7.80. The number of anilines is 2. The Labute approximate surface area is 181 Å².